The molecule has 0 saturated carbocycles. The summed E-state index contributed by atoms with van der Waals surface area (Å²) >= 11 is 0. The van der Waals surface area contributed by atoms with Crippen LogP contribution < -0.4 is 5.32 Å². The van der Waals surface area contributed by atoms with Crippen molar-refractivity contribution in [2.45, 2.75) is 44.8 Å². The van der Waals surface area contributed by atoms with Crippen molar-refractivity contribution in [3.8, 4) is 0 Å². The van der Waals surface area contributed by atoms with E-state index >= 15 is 0 Å². The number of rotatable bonds is 3. The molecule has 1 fully saturated rings. The van der Waals surface area contributed by atoms with Crippen LogP contribution in [0.15, 0.2) is 12.2 Å². The van der Waals surface area contributed by atoms with E-state index in [1.165, 1.54) is 6.08 Å². The van der Waals surface area contributed by atoms with Crippen LogP contribution in [0.5, 0.6) is 0 Å². The number of carboxylic acids is 1. The number of carbonyl (C=O) groups is 2. The zero-order valence-electron chi connectivity index (χ0n) is 11.6. The molecule has 19 heavy (non-hydrogen) atoms. The highest BCUT2D eigenvalue weighted by Crippen LogP contribution is 2.23. The molecule has 0 aliphatic carbocycles. The van der Waals surface area contributed by atoms with Gasteiger partial charge in [0.1, 0.15) is 5.60 Å². The van der Waals surface area contributed by atoms with E-state index < -0.39 is 23.2 Å². The number of aliphatic carboxylic acids is 1. The second kappa shape index (κ2) is 6.06. The zero-order chi connectivity index (χ0) is 14.5. The fourth-order valence-electron chi connectivity index (χ4n) is 1.81. The van der Waals surface area contributed by atoms with Crippen LogP contribution in [0.1, 0.15) is 33.6 Å². The second-order valence-electron chi connectivity index (χ2n) is 5.57. The molecule has 0 aromatic heterocycles. The normalized spacial score (nSPS) is 19.1. The molecule has 0 unspecified atom stereocenters. The van der Waals surface area contributed by atoms with Crippen molar-refractivity contribution < 1.29 is 24.2 Å². The summed E-state index contributed by atoms with van der Waals surface area (Å²) in [5, 5.41) is 11.5. The topological polar surface area (TPSA) is 84.9 Å². The summed E-state index contributed by atoms with van der Waals surface area (Å²) in [5.74, 6) is -1.04. The van der Waals surface area contributed by atoms with E-state index in [-0.39, 0.29) is 0 Å². The lowest BCUT2D eigenvalue weighted by molar-refractivity contribution is -0.131. The van der Waals surface area contributed by atoms with Crippen LogP contribution in [-0.4, -0.2) is 41.5 Å². The molecule has 0 bridgehead atoms. The Morgan fingerprint density at radius 1 is 1.32 bits per heavy atom. The van der Waals surface area contributed by atoms with Gasteiger partial charge in [0.05, 0.1) is 5.54 Å². The molecule has 1 amide bonds. The Balaban J connectivity index is 2.74. The molecule has 1 saturated heterocycles. The number of carbonyl (C=O) groups excluding carboxylic acids is 1. The fourth-order valence-corrected chi connectivity index (χ4v) is 1.81. The Labute approximate surface area is 112 Å². The third kappa shape index (κ3) is 5.74. The van der Waals surface area contributed by atoms with Crippen molar-refractivity contribution in [3.05, 3.63) is 12.2 Å². The highest BCUT2D eigenvalue weighted by Gasteiger charge is 2.33. The van der Waals surface area contributed by atoms with Crippen LogP contribution in [0.25, 0.3) is 0 Å². The van der Waals surface area contributed by atoms with Gasteiger partial charge in [0.15, 0.2) is 0 Å². The molecule has 6 nitrogen and oxygen atoms in total. The Morgan fingerprint density at radius 3 is 2.37 bits per heavy atom. The average molecular weight is 271 g/mol. The molecule has 108 valence electrons. The fraction of sp³-hybridized carbons (Fsp3) is 0.692. The van der Waals surface area contributed by atoms with E-state index in [2.05, 4.69) is 5.32 Å². The van der Waals surface area contributed by atoms with Gasteiger partial charge in [0.25, 0.3) is 0 Å². The molecule has 0 spiro atoms. The molecular weight excluding hydrogens is 250 g/mol. The Kier molecular flexibility index (Phi) is 4.94. The Hall–Kier alpha value is -1.56. The summed E-state index contributed by atoms with van der Waals surface area (Å²) in [6.45, 7) is 6.27. The van der Waals surface area contributed by atoms with Gasteiger partial charge in [0.2, 0.25) is 0 Å². The van der Waals surface area contributed by atoms with Crippen molar-refractivity contribution >= 4 is 12.1 Å². The lowest BCUT2D eigenvalue weighted by Crippen LogP contribution is -2.52. The van der Waals surface area contributed by atoms with E-state index in [9.17, 15) is 9.59 Å². The van der Waals surface area contributed by atoms with Gasteiger partial charge in [0, 0.05) is 19.3 Å². The van der Waals surface area contributed by atoms with Crippen molar-refractivity contribution in [1.82, 2.24) is 5.32 Å². The van der Waals surface area contributed by atoms with E-state index in [0.29, 0.717) is 26.1 Å². The number of alkyl carbamates (subject to hydrolysis) is 1. The van der Waals surface area contributed by atoms with Crippen LogP contribution in [0.2, 0.25) is 0 Å². The third-order valence-electron chi connectivity index (χ3n) is 2.68. The van der Waals surface area contributed by atoms with Crippen LogP contribution in [0, 0.1) is 0 Å². The van der Waals surface area contributed by atoms with Crippen molar-refractivity contribution in [2.75, 3.05) is 13.2 Å². The van der Waals surface area contributed by atoms with Crippen LogP contribution in [0.4, 0.5) is 4.79 Å². The first-order valence-electron chi connectivity index (χ1n) is 6.24. The van der Waals surface area contributed by atoms with Crippen LogP contribution >= 0.6 is 0 Å². The highest BCUT2D eigenvalue weighted by atomic mass is 16.6. The molecule has 6 heteroatoms. The lowest BCUT2D eigenvalue weighted by Gasteiger charge is -2.35. The molecule has 1 aliphatic rings. The van der Waals surface area contributed by atoms with Gasteiger partial charge < -0.3 is 19.9 Å². The second-order valence-corrected chi connectivity index (χ2v) is 5.57. The van der Waals surface area contributed by atoms with E-state index in [0.717, 1.165) is 6.08 Å². The lowest BCUT2D eigenvalue weighted by atomic mass is 9.89. The minimum atomic E-state index is -1.04. The van der Waals surface area contributed by atoms with Gasteiger partial charge >= 0.3 is 12.1 Å². The molecule has 0 aromatic rings. The smallest absolute Gasteiger partial charge is 0.408 e. The van der Waals surface area contributed by atoms with Crippen molar-refractivity contribution in [3.63, 3.8) is 0 Å². The van der Waals surface area contributed by atoms with E-state index in [4.69, 9.17) is 14.6 Å². The maximum Gasteiger partial charge on any atom is 0.408 e. The van der Waals surface area contributed by atoms with Gasteiger partial charge in [-0.2, -0.15) is 0 Å². The monoisotopic (exact) mass is 271 g/mol. The number of hydrogen-bond acceptors (Lipinski definition) is 4. The first kappa shape index (κ1) is 15.5. The number of amides is 1. The molecule has 1 rings (SSSR count). The average Bonchev–Trinajstić information content (AvgIpc) is 2.25. The summed E-state index contributed by atoms with van der Waals surface area (Å²) in [5.41, 5.74) is -1.30. The van der Waals surface area contributed by atoms with Crippen LogP contribution in [-0.2, 0) is 14.3 Å². The maximum atomic E-state index is 11.8. The number of hydrogen-bond donors (Lipinski definition) is 2. The Morgan fingerprint density at radius 2 is 1.89 bits per heavy atom. The molecule has 1 heterocycles. The minimum absolute atomic E-state index is 0.472. The first-order chi connectivity index (χ1) is 8.72. The van der Waals surface area contributed by atoms with Gasteiger partial charge in [-0.3, -0.25) is 0 Å². The predicted octanol–water partition coefficient (Wildman–Crippen LogP) is 1.70. The molecule has 0 radical (unpaired) electrons. The number of nitrogens with one attached hydrogen (secondary N) is 1. The first-order valence-corrected chi connectivity index (χ1v) is 6.24. The SMILES string of the molecule is CC(C)(C)OC(=O)NC1(/C=C/C(=O)O)CCOCC1. The third-order valence-corrected chi connectivity index (χ3v) is 2.68. The molecule has 2 N–H and O–H groups in total. The van der Waals surface area contributed by atoms with E-state index in [1.807, 2.05) is 0 Å². The number of carboxylic acid groups (broad SMARTS) is 1. The molecular formula is C13H21NO5. The molecule has 0 aromatic carbocycles. The largest absolute Gasteiger partial charge is 0.478 e. The molecule has 1 aliphatic heterocycles. The van der Waals surface area contributed by atoms with Crippen molar-refractivity contribution in [2.24, 2.45) is 0 Å². The Bertz CT molecular complexity index is 364. The minimum Gasteiger partial charge on any atom is -0.478 e. The molecule has 0 atom stereocenters. The van der Waals surface area contributed by atoms with Gasteiger partial charge in [-0.05, 0) is 33.6 Å². The van der Waals surface area contributed by atoms with Gasteiger partial charge in [-0.15, -0.1) is 0 Å². The summed E-state index contributed by atoms with van der Waals surface area (Å²) < 4.78 is 10.4. The zero-order valence-corrected chi connectivity index (χ0v) is 11.6. The summed E-state index contributed by atoms with van der Waals surface area (Å²) in [4.78, 5) is 22.5. The number of ether oxygens (including phenoxy) is 2. The van der Waals surface area contributed by atoms with Crippen molar-refractivity contribution in [1.29, 1.82) is 0 Å². The predicted molar refractivity (Wildman–Crippen MR) is 68.9 cm³/mol. The summed E-state index contributed by atoms with van der Waals surface area (Å²) in [6.07, 6.45) is 3.04. The summed E-state index contributed by atoms with van der Waals surface area (Å²) in [7, 11) is 0. The van der Waals surface area contributed by atoms with Gasteiger partial charge in [-0.1, -0.05) is 6.08 Å². The maximum absolute atomic E-state index is 11.8. The highest BCUT2D eigenvalue weighted by molar-refractivity contribution is 5.80. The summed E-state index contributed by atoms with van der Waals surface area (Å²) in [6, 6.07) is 0. The van der Waals surface area contributed by atoms with Gasteiger partial charge in [-0.25, -0.2) is 9.59 Å². The quantitative estimate of drug-likeness (QED) is 0.763. The standard InChI is InChI=1S/C13H21NO5/c1-12(2,3)19-11(17)14-13(5-4-10(15)16)6-8-18-9-7-13/h4-5H,6-9H2,1-3H3,(H,14,17)(H,15,16)/b5-4+. The van der Waals surface area contributed by atoms with E-state index in [1.54, 1.807) is 20.8 Å². The van der Waals surface area contributed by atoms with Crippen LogP contribution in [0.3, 0.4) is 0 Å².